The van der Waals surface area contributed by atoms with Gasteiger partial charge in [-0.15, -0.1) is 0 Å². The summed E-state index contributed by atoms with van der Waals surface area (Å²) < 4.78 is 35.0. The third-order valence-electron chi connectivity index (χ3n) is 5.47. The second kappa shape index (κ2) is 8.32. The third kappa shape index (κ3) is 4.32. The monoisotopic (exact) mass is 447 g/mol. The number of benzene rings is 2. The molecular formula is C22H22ClNO5S. The molecular weight excluding hydrogens is 426 g/mol. The Morgan fingerprint density at radius 3 is 2.73 bits per heavy atom. The second-order valence-electron chi connectivity index (χ2n) is 7.47. The van der Waals surface area contributed by atoms with Crippen LogP contribution in [0.15, 0.2) is 53.1 Å². The molecule has 1 amide bonds. The Morgan fingerprint density at radius 1 is 1.23 bits per heavy atom. The number of hydrogen-bond acceptors (Lipinski definition) is 5. The molecule has 2 aromatic carbocycles. The van der Waals surface area contributed by atoms with Crippen molar-refractivity contribution in [3.8, 4) is 5.75 Å². The Bertz CT molecular complexity index is 1190. The van der Waals surface area contributed by atoms with Crippen LogP contribution >= 0.6 is 11.6 Å². The molecule has 0 saturated carbocycles. The van der Waals surface area contributed by atoms with E-state index in [1.165, 1.54) is 0 Å². The van der Waals surface area contributed by atoms with Gasteiger partial charge in [0.15, 0.2) is 9.84 Å². The summed E-state index contributed by atoms with van der Waals surface area (Å²) in [6, 6.07) is 12.3. The van der Waals surface area contributed by atoms with Crippen molar-refractivity contribution >= 4 is 38.3 Å². The number of carbonyl (C=O) groups excluding carboxylic acids is 1. The van der Waals surface area contributed by atoms with Crippen molar-refractivity contribution in [1.29, 1.82) is 0 Å². The smallest absolute Gasteiger partial charge is 0.227 e. The van der Waals surface area contributed by atoms with Crippen LogP contribution < -0.4 is 4.74 Å². The summed E-state index contributed by atoms with van der Waals surface area (Å²) in [7, 11) is -1.56. The van der Waals surface area contributed by atoms with Gasteiger partial charge in [-0.1, -0.05) is 29.8 Å². The lowest BCUT2D eigenvalue weighted by molar-refractivity contribution is -0.133. The van der Waals surface area contributed by atoms with Crippen LogP contribution in [0.3, 0.4) is 0 Å². The van der Waals surface area contributed by atoms with E-state index in [1.807, 2.05) is 24.3 Å². The molecule has 2 heterocycles. The highest BCUT2D eigenvalue weighted by atomic mass is 35.5. The van der Waals surface area contributed by atoms with E-state index in [0.29, 0.717) is 22.8 Å². The minimum absolute atomic E-state index is 0.0247. The van der Waals surface area contributed by atoms with Gasteiger partial charge in [0.05, 0.1) is 31.3 Å². The van der Waals surface area contributed by atoms with E-state index in [0.717, 1.165) is 16.5 Å². The second-order valence-corrected chi connectivity index (χ2v) is 10.1. The highest BCUT2D eigenvalue weighted by molar-refractivity contribution is 7.91. The zero-order valence-electron chi connectivity index (χ0n) is 16.5. The summed E-state index contributed by atoms with van der Waals surface area (Å²) >= 11 is 6.30. The predicted octanol–water partition coefficient (Wildman–Crippen LogP) is 3.85. The maximum atomic E-state index is 13.3. The van der Waals surface area contributed by atoms with Gasteiger partial charge >= 0.3 is 0 Å². The highest BCUT2D eigenvalue weighted by Crippen LogP contribution is 2.28. The van der Waals surface area contributed by atoms with E-state index < -0.39 is 9.84 Å². The molecule has 0 aliphatic carbocycles. The molecule has 0 spiro atoms. The van der Waals surface area contributed by atoms with E-state index in [2.05, 4.69) is 0 Å². The Kier molecular flexibility index (Phi) is 5.75. The number of halogens is 1. The average molecular weight is 448 g/mol. The summed E-state index contributed by atoms with van der Waals surface area (Å²) in [4.78, 5) is 15.0. The van der Waals surface area contributed by atoms with Crippen LogP contribution in [0.1, 0.15) is 17.5 Å². The molecule has 158 valence electrons. The molecule has 6 nitrogen and oxygen atoms in total. The number of methoxy groups -OCH3 is 1. The molecule has 1 unspecified atom stereocenters. The molecule has 1 aliphatic heterocycles. The van der Waals surface area contributed by atoms with E-state index in [-0.39, 0.29) is 36.4 Å². The molecule has 0 bridgehead atoms. The standard InChI is InChI=1S/C22H22ClNO5S/c1-28-18-6-7-21-19(11-18)16(13-29-21)10-22(25)24(17-8-9-30(26,27)14-17)12-15-4-2-3-5-20(15)23/h2-7,11,13,17H,8-10,12,14H2,1H3. The lowest BCUT2D eigenvalue weighted by atomic mass is 10.1. The van der Waals surface area contributed by atoms with Crippen LogP contribution in [-0.4, -0.2) is 43.9 Å². The zero-order chi connectivity index (χ0) is 21.3. The fourth-order valence-electron chi connectivity index (χ4n) is 3.84. The van der Waals surface area contributed by atoms with Gasteiger partial charge in [-0.25, -0.2) is 8.42 Å². The summed E-state index contributed by atoms with van der Waals surface area (Å²) in [6.07, 6.45) is 2.10. The van der Waals surface area contributed by atoms with Crippen molar-refractivity contribution in [2.75, 3.05) is 18.6 Å². The topological polar surface area (TPSA) is 76.8 Å². The normalized spacial score (nSPS) is 17.9. The number of carbonyl (C=O) groups is 1. The molecule has 1 saturated heterocycles. The van der Waals surface area contributed by atoms with Crippen LogP contribution in [0.2, 0.25) is 5.02 Å². The lowest BCUT2D eigenvalue weighted by Crippen LogP contribution is -2.41. The van der Waals surface area contributed by atoms with Crippen LogP contribution in [0, 0.1) is 0 Å². The van der Waals surface area contributed by atoms with Gasteiger partial charge in [-0.2, -0.15) is 0 Å². The Hall–Kier alpha value is -2.51. The SMILES string of the molecule is COc1ccc2occ(CC(=O)N(Cc3ccccc3Cl)C3CCS(=O)(=O)C3)c2c1. The first kappa shape index (κ1) is 20.8. The number of ether oxygens (including phenoxy) is 1. The predicted molar refractivity (Wildman–Crippen MR) is 116 cm³/mol. The van der Waals surface area contributed by atoms with Crippen LogP contribution in [-0.2, 0) is 27.6 Å². The first-order valence-electron chi connectivity index (χ1n) is 9.64. The summed E-state index contributed by atoms with van der Waals surface area (Å²) in [5.74, 6) is 0.578. The van der Waals surface area contributed by atoms with Crippen molar-refractivity contribution in [3.63, 3.8) is 0 Å². The van der Waals surface area contributed by atoms with E-state index in [4.69, 9.17) is 20.8 Å². The van der Waals surface area contributed by atoms with E-state index in [1.54, 1.807) is 36.5 Å². The molecule has 1 aromatic heterocycles. The fraction of sp³-hybridized carbons (Fsp3) is 0.318. The maximum absolute atomic E-state index is 13.3. The molecule has 1 fully saturated rings. The highest BCUT2D eigenvalue weighted by Gasteiger charge is 2.35. The Morgan fingerprint density at radius 2 is 2.03 bits per heavy atom. The minimum Gasteiger partial charge on any atom is -0.497 e. The number of sulfone groups is 1. The van der Waals surface area contributed by atoms with E-state index in [9.17, 15) is 13.2 Å². The van der Waals surface area contributed by atoms with Gasteiger partial charge in [0.1, 0.15) is 11.3 Å². The van der Waals surface area contributed by atoms with Crippen molar-refractivity contribution in [2.24, 2.45) is 0 Å². The van der Waals surface area contributed by atoms with Gasteiger partial charge in [-0.05, 0) is 36.2 Å². The third-order valence-corrected chi connectivity index (χ3v) is 7.59. The number of amides is 1. The maximum Gasteiger partial charge on any atom is 0.227 e. The van der Waals surface area contributed by atoms with Gasteiger partial charge in [0.25, 0.3) is 0 Å². The fourth-order valence-corrected chi connectivity index (χ4v) is 5.77. The van der Waals surface area contributed by atoms with Crippen LogP contribution in [0.25, 0.3) is 11.0 Å². The molecule has 3 aromatic rings. The van der Waals surface area contributed by atoms with Crippen LogP contribution in [0.4, 0.5) is 0 Å². The minimum atomic E-state index is -3.14. The van der Waals surface area contributed by atoms with Crippen molar-refractivity contribution in [1.82, 2.24) is 4.90 Å². The first-order valence-corrected chi connectivity index (χ1v) is 11.8. The molecule has 8 heteroatoms. The number of fused-ring (bicyclic) bond motifs is 1. The molecule has 0 N–H and O–H groups in total. The Labute approximate surface area is 180 Å². The average Bonchev–Trinajstić information content (AvgIpc) is 3.29. The van der Waals surface area contributed by atoms with Gasteiger partial charge in [0.2, 0.25) is 5.91 Å². The molecule has 0 radical (unpaired) electrons. The number of rotatable bonds is 6. The van der Waals surface area contributed by atoms with Gasteiger partial charge in [-0.3, -0.25) is 4.79 Å². The number of furan rings is 1. The largest absolute Gasteiger partial charge is 0.497 e. The molecule has 1 aliphatic rings. The number of hydrogen-bond donors (Lipinski definition) is 0. The molecule has 1 atom stereocenters. The first-order chi connectivity index (χ1) is 14.4. The Balaban J connectivity index is 1.63. The molecule has 4 rings (SSSR count). The van der Waals surface area contributed by atoms with Crippen LogP contribution in [0.5, 0.6) is 5.75 Å². The van der Waals surface area contributed by atoms with Crippen molar-refractivity contribution in [3.05, 3.63) is 64.9 Å². The molecule has 30 heavy (non-hydrogen) atoms. The number of nitrogens with zero attached hydrogens (tertiary/aromatic N) is 1. The van der Waals surface area contributed by atoms with Gasteiger partial charge < -0.3 is 14.1 Å². The summed E-state index contributed by atoms with van der Waals surface area (Å²) in [5, 5.41) is 1.36. The summed E-state index contributed by atoms with van der Waals surface area (Å²) in [5.41, 5.74) is 2.19. The van der Waals surface area contributed by atoms with Crippen molar-refractivity contribution < 1.29 is 22.4 Å². The zero-order valence-corrected chi connectivity index (χ0v) is 18.1. The lowest BCUT2D eigenvalue weighted by Gasteiger charge is -2.29. The summed E-state index contributed by atoms with van der Waals surface area (Å²) in [6.45, 7) is 0.262. The van der Waals surface area contributed by atoms with E-state index >= 15 is 0 Å². The van der Waals surface area contributed by atoms with Gasteiger partial charge in [0, 0.05) is 28.6 Å². The quantitative estimate of drug-likeness (QED) is 0.573. The van der Waals surface area contributed by atoms with Crippen molar-refractivity contribution in [2.45, 2.75) is 25.4 Å².